The van der Waals surface area contributed by atoms with Gasteiger partial charge in [0.1, 0.15) is 16.4 Å². The molecular formula is C19H19ClN2O4S2. The highest BCUT2D eigenvalue weighted by atomic mass is 35.5. The minimum Gasteiger partial charge on any atom is -0.495 e. The van der Waals surface area contributed by atoms with Gasteiger partial charge in [-0.15, -0.1) is 11.3 Å². The lowest BCUT2D eigenvalue weighted by Crippen LogP contribution is -2.14. The van der Waals surface area contributed by atoms with Gasteiger partial charge in [0.25, 0.3) is 10.0 Å². The minimum atomic E-state index is -3.93. The standard InChI is InChI=1S/C19H19ClN2O4S2/c1-4-26-18-7-5-13(16-11-27-12(2)21-16)9-19(18)28(23,24)22-14-6-8-17(25-3)15(20)10-14/h5-11,22H,4H2,1-3H3. The summed E-state index contributed by atoms with van der Waals surface area (Å²) in [5.41, 5.74) is 1.73. The Bertz CT molecular complexity index is 1100. The number of nitrogens with one attached hydrogen (secondary N) is 1. The molecule has 0 saturated heterocycles. The second kappa shape index (κ2) is 8.38. The Morgan fingerprint density at radius 3 is 2.54 bits per heavy atom. The monoisotopic (exact) mass is 438 g/mol. The number of rotatable bonds is 7. The third kappa shape index (κ3) is 4.40. The number of anilines is 1. The summed E-state index contributed by atoms with van der Waals surface area (Å²) in [4.78, 5) is 4.46. The topological polar surface area (TPSA) is 77.5 Å². The zero-order valence-electron chi connectivity index (χ0n) is 15.5. The second-order valence-electron chi connectivity index (χ2n) is 5.80. The Balaban J connectivity index is 2.02. The molecule has 3 rings (SSSR count). The number of halogens is 1. The van der Waals surface area contributed by atoms with E-state index in [1.807, 2.05) is 12.3 Å². The SMILES string of the molecule is CCOc1ccc(-c2csc(C)n2)cc1S(=O)(=O)Nc1ccc(OC)c(Cl)c1. The van der Waals surface area contributed by atoms with Gasteiger partial charge in [-0.3, -0.25) is 4.72 Å². The summed E-state index contributed by atoms with van der Waals surface area (Å²) in [7, 11) is -2.43. The number of sulfonamides is 1. The predicted octanol–water partition coefficient (Wildman–Crippen LogP) is 4.98. The summed E-state index contributed by atoms with van der Waals surface area (Å²) < 4.78 is 39.3. The van der Waals surface area contributed by atoms with Crippen molar-refractivity contribution in [3.05, 3.63) is 51.8 Å². The number of nitrogens with zero attached hydrogens (tertiary/aromatic N) is 1. The molecule has 0 aliphatic rings. The molecule has 0 spiro atoms. The van der Waals surface area contributed by atoms with Crippen LogP contribution in [0.1, 0.15) is 11.9 Å². The van der Waals surface area contributed by atoms with Crippen LogP contribution < -0.4 is 14.2 Å². The quantitative estimate of drug-likeness (QED) is 0.562. The summed E-state index contributed by atoms with van der Waals surface area (Å²) in [6.07, 6.45) is 0. The maximum atomic E-state index is 13.1. The van der Waals surface area contributed by atoms with Crippen LogP contribution in [0.15, 0.2) is 46.7 Å². The molecule has 1 aromatic heterocycles. The lowest BCUT2D eigenvalue weighted by atomic mass is 10.2. The van der Waals surface area contributed by atoms with E-state index < -0.39 is 10.0 Å². The first-order valence-electron chi connectivity index (χ1n) is 8.39. The third-order valence-electron chi connectivity index (χ3n) is 3.85. The van der Waals surface area contributed by atoms with Gasteiger partial charge >= 0.3 is 0 Å². The van der Waals surface area contributed by atoms with E-state index in [4.69, 9.17) is 21.1 Å². The van der Waals surface area contributed by atoms with Crippen LogP contribution in [0.5, 0.6) is 11.5 Å². The van der Waals surface area contributed by atoms with E-state index in [9.17, 15) is 8.42 Å². The van der Waals surface area contributed by atoms with Gasteiger partial charge < -0.3 is 9.47 Å². The van der Waals surface area contributed by atoms with E-state index in [1.54, 1.807) is 37.3 Å². The molecule has 1 heterocycles. The summed E-state index contributed by atoms with van der Waals surface area (Å²) in [6.45, 7) is 4.03. The van der Waals surface area contributed by atoms with Crippen molar-refractivity contribution in [1.82, 2.24) is 4.98 Å². The summed E-state index contributed by atoms with van der Waals surface area (Å²) in [6, 6.07) is 9.67. The van der Waals surface area contributed by atoms with Crippen molar-refractivity contribution in [1.29, 1.82) is 0 Å². The van der Waals surface area contributed by atoms with Crippen molar-refractivity contribution < 1.29 is 17.9 Å². The van der Waals surface area contributed by atoms with Crippen LogP contribution in [-0.2, 0) is 10.0 Å². The first-order valence-corrected chi connectivity index (χ1v) is 11.1. The molecule has 1 N–H and O–H groups in total. The summed E-state index contributed by atoms with van der Waals surface area (Å²) in [5.74, 6) is 0.728. The first-order chi connectivity index (χ1) is 13.3. The van der Waals surface area contributed by atoms with E-state index >= 15 is 0 Å². The molecule has 28 heavy (non-hydrogen) atoms. The highest BCUT2D eigenvalue weighted by Crippen LogP contribution is 2.33. The molecule has 2 aromatic carbocycles. The Labute approximate surface area is 173 Å². The van der Waals surface area contributed by atoms with Crippen molar-refractivity contribution in [2.75, 3.05) is 18.4 Å². The minimum absolute atomic E-state index is 0.0319. The molecule has 148 valence electrons. The average molecular weight is 439 g/mol. The third-order valence-corrected chi connectivity index (χ3v) is 6.32. The molecular weight excluding hydrogens is 420 g/mol. The molecule has 0 fully saturated rings. The van der Waals surface area contributed by atoms with Gasteiger partial charge in [-0.25, -0.2) is 13.4 Å². The van der Waals surface area contributed by atoms with Crippen molar-refractivity contribution in [2.45, 2.75) is 18.7 Å². The van der Waals surface area contributed by atoms with Gasteiger partial charge in [-0.1, -0.05) is 11.6 Å². The molecule has 3 aromatic rings. The van der Waals surface area contributed by atoms with E-state index in [0.29, 0.717) is 28.6 Å². The predicted molar refractivity (Wildman–Crippen MR) is 112 cm³/mol. The maximum absolute atomic E-state index is 13.1. The number of hydrogen-bond acceptors (Lipinski definition) is 6. The number of aromatic nitrogens is 1. The molecule has 9 heteroatoms. The molecule has 0 bridgehead atoms. The van der Waals surface area contributed by atoms with Crippen molar-refractivity contribution in [3.63, 3.8) is 0 Å². The van der Waals surface area contributed by atoms with Crippen LogP contribution in [0.4, 0.5) is 5.69 Å². The second-order valence-corrected chi connectivity index (χ2v) is 8.92. The average Bonchev–Trinajstić information content (AvgIpc) is 3.08. The fourth-order valence-electron chi connectivity index (χ4n) is 2.59. The zero-order valence-corrected chi connectivity index (χ0v) is 17.9. The maximum Gasteiger partial charge on any atom is 0.265 e. The fourth-order valence-corrected chi connectivity index (χ4v) is 4.69. The van der Waals surface area contributed by atoms with Crippen molar-refractivity contribution in [2.24, 2.45) is 0 Å². The molecule has 0 amide bonds. The Hall–Kier alpha value is -2.29. The molecule has 0 aliphatic heterocycles. The van der Waals surface area contributed by atoms with Crippen LogP contribution in [0.25, 0.3) is 11.3 Å². The molecule has 0 aliphatic carbocycles. The number of aryl methyl sites for hydroxylation is 1. The molecule has 6 nitrogen and oxygen atoms in total. The molecule has 0 atom stereocenters. The highest BCUT2D eigenvalue weighted by Gasteiger charge is 2.22. The fraction of sp³-hybridized carbons (Fsp3) is 0.211. The number of hydrogen-bond donors (Lipinski definition) is 1. The van der Waals surface area contributed by atoms with Crippen molar-refractivity contribution in [3.8, 4) is 22.8 Å². The van der Waals surface area contributed by atoms with E-state index in [2.05, 4.69) is 9.71 Å². The Morgan fingerprint density at radius 1 is 1.18 bits per heavy atom. The van der Waals surface area contributed by atoms with Gasteiger partial charge in [0.15, 0.2) is 0 Å². The first kappa shape index (κ1) is 20.4. The zero-order chi connectivity index (χ0) is 20.3. The molecule has 0 unspecified atom stereocenters. The smallest absolute Gasteiger partial charge is 0.265 e. The highest BCUT2D eigenvalue weighted by molar-refractivity contribution is 7.92. The van der Waals surface area contributed by atoms with Gasteiger partial charge in [-0.05, 0) is 50.2 Å². The van der Waals surface area contributed by atoms with Crippen LogP contribution in [-0.4, -0.2) is 27.1 Å². The van der Waals surface area contributed by atoms with Crippen LogP contribution >= 0.6 is 22.9 Å². The number of thiazole rings is 1. The van der Waals surface area contributed by atoms with E-state index in [1.165, 1.54) is 24.5 Å². The Kier molecular flexibility index (Phi) is 6.12. The lowest BCUT2D eigenvalue weighted by Gasteiger charge is -2.14. The van der Waals surface area contributed by atoms with Crippen LogP contribution in [0, 0.1) is 6.92 Å². The lowest BCUT2D eigenvalue weighted by molar-refractivity contribution is 0.331. The van der Waals surface area contributed by atoms with Crippen molar-refractivity contribution >= 4 is 38.6 Å². The van der Waals surface area contributed by atoms with E-state index in [0.717, 1.165) is 10.7 Å². The molecule has 0 radical (unpaired) electrons. The van der Waals surface area contributed by atoms with Gasteiger partial charge in [-0.2, -0.15) is 0 Å². The van der Waals surface area contributed by atoms with Gasteiger partial charge in [0, 0.05) is 10.9 Å². The van der Waals surface area contributed by atoms with Gasteiger partial charge in [0.05, 0.1) is 35.1 Å². The Morgan fingerprint density at radius 2 is 1.93 bits per heavy atom. The van der Waals surface area contributed by atoms with Crippen LogP contribution in [0.3, 0.4) is 0 Å². The van der Waals surface area contributed by atoms with Gasteiger partial charge in [0.2, 0.25) is 0 Å². The number of benzene rings is 2. The summed E-state index contributed by atoms with van der Waals surface area (Å²) in [5, 5.41) is 3.09. The summed E-state index contributed by atoms with van der Waals surface area (Å²) >= 11 is 7.60. The molecule has 0 saturated carbocycles. The van der Waals surface area contributed by atoms with Crippen LogP contribution in [0.2, 0.25) is 5.02 Å². The number of ether oxygens (including phenoxy) is 2. The van der Waals surface area contributed by atoms with E-state index in [-0.39, 0.29) is 10.6 Å². The number of methoxy groups -OCH3 is 1. The normalized spacial score (nSPS) is 11.3. The largest absolute Gasteiger partial charge is 0.495 e.